The maximum absolute atomic E-state index is 12.0. The van der Waals surface area contributed by atoms with Crippen LogP contribution in [-0.2, 0) is 0 Å². The number of nitrogens with zero attached hydrogens (tertiary/aromatic N) is 3. The molecule has 0 fully saturated rings. The molecule has 21 heavy (non-hydrogen) atoms. The number of benzene rings is 1. The van der Waals surface area contributed by atoms with Crippen LogP contribution in [0.4, 0.5) is 10.8 Å². The van der Waals surface area contributed by atoms with Crippen molar-refractivity contribution in [1.82, 2.24) is 9.36 Å². The lowest BCUT2D eigenvalue weighted by Gasteiger charge is -2.02. The van der Waals surface area contributed by atoms with Gasteiger partial charge in [-0.2, -0.15) is 9.36 Å². The van der Waals surface area contributed by atoms with E-state index >= 15 is 0 Å². The van der Waals surface area contributed by atoms with E-state index in [0.29, 0.717) is 15.9 Å². The van der Waals surface area contributed by atoms with E-state index in [9.17, 15) is 14.9 Å². The summed E-state index contributed by atoms with van der Waals surface area (Å²) in [5.74, 6) is 0.640. The van der Waals surface area contributed by atoms with E-state index in [1.54, 1.807) is 6.07 Å². The van der Waals surface area contributed by atoms with Crippen molar-refractivity contribution in [3.63, 3.8) is 0 Å². The first-order valence-electron chi connectivity index (χ1n) is 6.08. The van der Waals surface area contributed by atoms with Gasteiger partial charge in [0.1, 0.15) is 0 Å². The number of ketones is 1. The van der Waals surface area contributed by atoms with E-state index in [4.69, 9.17) is 0 Å². The molecule has 0 unspecified atom stereocenters. The Bertz CT molecular complexity index is 659. The van der Waals surface area contributed by atoms with Crippen molar-refractivity contribution < 1.29 is 9.72 Å². The lowest BCUT2D eigenvalue weighted by atomic mass is 10.1. The zero-order valence-electron chi connectivity index (χ0n) is 11.1. The fourth-order valence-electron chi connectivity index (χ4n) is 1.52. The van der Waals surface area contributed by atoms with E-state index in [0.717, 1.165) is 5.75 Å². The molecule has 7 nitrogen and oxygen atoms in total. The minimum absolute atomic E-state index is 0.0204. The van der Waals surface area contributed by atoms with Crippen LogP contribution in [0.2, 0.25) is 0 Å². The normalized spacial score (nSPS) is 10.3. The van der Waals surface area contributed by atoms with Crippen molar-refractivity contribution >= 4 is 39.9 Å². The fourth-order valence-corrected chi connectivity index (χ4v) is 2.78. The molecular formula is C12H12N4O3S2. The van der Waals surface area contributed by atoms with E-state index in [2.05, 4.69) is 14.7 Å². The Morgan fingerprint density at radius 3 is 3.05 bits per heavy atom. The second kappa shape index (κ2) is 7.14. The van der Waals surface area contributed by atoms with Crippen LogP contribution in [0.1, 0.15) is 17.3 Å². The summed E-state index contributed by atoms with van der Waals surface area (Å²) < 4.78 is 4.12. The highest BCUT2D eigenvalue weighted by atomic mass is 32.2. The summed E-state index contributed by atoms with van der Waals surface area (Å²) in [6.45, 7) is 2.03. The van der Waals surface area contributed by atoms with Crippen LogP contribution in [0, 0.1) is 10.1 Å². The number of nitrogens with one attached hydrogen (secondary N) is 1. The minimum atomic E-state index is -0.525. The second-order valence-electron chi connectivity index (χ2n) is 3.90. The van der Waals surface area contributed by atoms with Gasteiger partial charge in [-0.05, 0) is 5.75 Å². The highest BCUT2D eigenvalue weighted by Gasteiger charge is 2.12. The molecule has 0 amide bonds. The van der Waals surface area contributed by atoms with Crippen LogP contribution in [-0.4, -0.2) is 32.4 Å². The van der Waals surface area contributed by atoms with Crippen molar-refractivity contribution in [2.45, 2.75) is 12.1 Å². The van der Waals surface area contributed by atoms with E-state index in [1.807, 2.05) is 6.92 Å². The summed E-state index contributed by atoms with van der Waals surface area (Å²) in [5, 5.41) is 14.8. The van der Waals surface area contributed by atoms with Crippen LogP contribution in [0.5, 0.6) is 0 Å². The van der Waals surface area contributed by atoms with Crippen molar-refractivity contribution in [3.05, 3.63) is 39.9 Å². The van der Waals surface area contributed by atoms with Crippen molar-refractivity contribution in [3.8, 4) is 0 Å². The van der Waals surface area contributed by atoms with E-state index in [1.165, 1.54) is 41.5 Å². The third-order valence-corrected chi connectivity index (χ3v) is 3.98. The number of rotatable bonds is 7. The molecule has 110 valence electrons. The summed E-state index contributed by atoms with van der Waals surface area (Å²) in [5.41, 5.74) is 0.197. The number of nitro groups is 1. The molecule has 0 atom stereocenters. The molecule has 1 aromatic heterocycles. The highest BCUT2D eigenvalue weighted by molar-refractivity contribution is 7.99. The summed E-state index contributed by atoms with van der Waals surface area (Å²) >= 11 is 2.70. The SMILES string of the molecule is CCSc1nsc(NCC(=O)c2cccc([N+](=O)[O-])c2)n1. The van der Waals surface area contributed by atoms with Crippen LogP contribution < -0.4 is 5.32 Å². The largest absolute Gasteiger partial charge is 0.353 e. The van der Waals surface area contributed by atoms with Crippen LogP contribution in [0.25, 0.3) is 0 Å². The first-order chi connectivity index (χ1) is 10.1. The van der Waals surface area contributed by atoms with E-state index < -0.39 is 4.92 Å². The number of aromatic nitrogens is 2. The molecule has 1 heterocycles. The monoisotopic (exact) mass is 324 g/mol. The third-order valence-electron chi connectivity index (χ3n) is 2.46. The first kappa shape index (κ1) is 15.4. The number of nitro benzene ring substituents is 1. The Labute approximate surface area is 129 Å². The molecule has 0 bridgehead atoms. The number of hydrogen-bond acceptors (Lipinski definition) is 8. The summed E-state index contributed by atoms with van der Waals surface area (Å²) in [6, 6.07) is 5.66. The Morgan fingerprint density at radius 1 is 1.52 bits per heavy atom. The lowest BCUT2D eigenvalue weighted by Crippen LogP contribution is -2.14. The van der Waals surface area contributed by atoms with Gasteiger partial charge in [0.25, 0.3) is 5.69 Å². The molecule has 0 aliphatic heterocycles. The maximum atomic E-state index is 12.0. The molecule has 1 N–H and O–H groups in total. The Morgan fingerprint density at radius 2 is 2.33 bits per heavy atom. The average Bonchev–Trinajstić information content (AvgIpc) is 2.93. The van der Waals surface area contributed by atoms with Crippen molar-refractivity contribution in [2.24, 2.45) is 0 Å². The van der Waals surface area contributed by atoms with Gasteiger partial charge >= 0.3 is 0 Å². The van der Waals surface area contributed by atoms with Gasteiger partial charge in [0.05, 0.1) is 11.5 Å². The predicted molar refractivity (Wildman–Crippen MR) is 82.2 cm³/mol. The minimum Gasteiger partial charge on any atom is -0.353 e. The number of thioether (sulfide) groups is 1. The molecule has 1 aromatic carbocycles. The molecule has 9 heteroatoms. The fraction of sp³-hybridized carbons (Fsp3) is 0.250. The lowest BCUT2D eigenvalue weighted by molar-refractivity contribution is -0.384. The Kier molecular flexibility index (Phi) is 5.23. The van der Waals surface area contributed by atoms with Gasteiger partial charge in [0, 0.05) is 29.2 Å². The Hall–Kier alpha value is -2.00. The quantitative estimate of drug-likeness (QED) is 0.362. The molecule has 0 radical (unpaired) electrons. The standard InChI is InChI=1S/C12H12N4O3S2/c1-2-20-12-14-11(21-15-12)13-7-10(17)8-4-3-5-9(6-8)16(18)19/h3-6H,2,7H2,1H3,(H,13,14,15). The number of carbonyl (C=O) groups is 1. The highest BCUT2D eigenvalue weighted by Crippen LogP contribution is 2.19. The van der Waals surface area contributed by atoms with Gasteiger partial charge in [-0.3, -0.25) is 14.9 Å². The van der Waals surface area contributed by atoms with Gasteiger partial charge in [-0.1, -0.05) is 30.8 Å². The van der Waals surface area contributed by atoms with Crippen molar-refractivity contribution in [1.29, 1.82) is 0 Å². The number of carbonyl (C=O) groups excluding carboxylic acids is 1. The summed E-state index contributed by atoms with van der Waals surface area (Å²) in [6.07, 6.45) is 0. The topological polar surface area (TPSA) is 98.0 Å². The second-order valence-corrected chi connectivity index (χ2v) is 5.88. The van der Waals surface area contributed by atoms with Gasteiger partial charge in [-0.15, -0.1) is 0 Å². The van der Waals surface area contributed by atoms with Gasteiger partial charge in [0.15, 0.2) is 5.78 Å². The molecular weight excluding hydrogens is 312 g/mol. The summed E-state index contributed by atoms with van der Waals surface area (Å²) in [7, 11) is 0. The van der Waals surface area contributed by atoms with Gasteiger partial charge in [0.2, 0.25) is 10.3 Å². The maximum Gasteiger partial charge on any atom is 0.270 e. The predicted octanol–water partition coefficient (Wildman–Crippen LogP) is 2.85. The molecule has 2 aromatic rings. The van der Waals surface area contributed by atoms with Gasteiger partial charge < -0.3 is 5.32 Å². The number of hydrogen-bond donors (Lipinski definition) is 1. The average molecular weight is 324 g/mol. The third kappa shape index (κ3) is 4.23. The molecule has 0 aliphatic carbocycles. The number of Topliss-reactive ketones (excluding diaryl/α,β-unsaturated/α-hetero) is 1. The Balaban J connectivity index is 1.97. The number of anilines is 1. The molecule has 0 saturated heterocycles. The molecule has 0 spiro atoms. The number of non-ortho nitro benzene ring substituents is 1. The smallest absolute Gasteiger partial charge is 0.270 e. The first-order valence-corrected chi connectivity index (χ1v) is 7.84. The summed E-state index contributed by atoms with van der Waals surface area (Å²) in [4.78, 5) is 26.4. The van der Waals surface area contributed by atoms with Crippen LogP contribution >= 0.6 is 23.3 Å². The van der Waals surface area contributed by atoms with Gasteiger partial charge in [-0.25, -0.2) is 0 Å². The zero-order valence-corrected chi connectivity index (χ0v) is 12.7. The molecule has 0 saturated carbocycles. The van der Waals surface area contributed by atoms with Crippen LogP contribution in [0.15, 0.2) is 29.4 Å². The molecule has 0 aliphatic rings. The molecule has 2 rings (SSSR count). The van der Waals surface area contributed by atoms with Crippen LogP contribution in [0.3, 0.4) is 0 Å². The van der Waals surface area contributed by atoms with Crippen molar-refractivity contribution in [2.75, 3.05) is 17.6 Å². The zero-order chi connectivity index (χ0) is 15.2. The van der Waals surface area contributed by atoms with E-state index in [-0.39, 0.29) is 18.0 Å².